The molecule has 6 heteroatoms. The number of amides is 1. The maximum atomic E-state index is 12.1. The van der Waals surface area contributed by atoms with Crippen LogP contribution in [-0.2, 0) is 0 Å². The van der Waals surface area contributed by atoms with E-state index in [0.29, 0.717) is 30.3 Å². The second kappa shape index (κ2) is 6.12. The first kappa shape index (κ1) is 14.0. The number of fused-ring (bicyclic) bond motifs is 1. The summed E-state index contributed by atoms with van der Waals surface area (Å²) in [6.45, 7) is 2.90. The van der Waals surface area contributed by atoms with Crippen LogP contribution < -0.4 is 20.1 Å². The van der Waals surface area contributed by atoms with Crippen LogP contribution in [0.15, 0.2) is 18.2 Å². The molecule has 2 heterocycles. The van der Waals surface area contributed by atoms with Gasteiger partial charge in [0.1, 0.15) is 13.2 Å². The van der Waals surface area contributed by atoms with Crippen molar-refractivity contribution in [3.05, 3.63) is 23.8 Å². The molecule has 19 heavy (non-hydrogen) atoms. The minimum atomic E-state index is -0.0549. The zero-order chi connectivity index (χ0) is 12.4. The predicted octanol–water partition coefficient (Wildman–Crippen LogP) is 0.971. The lowest BCUT2D eigenvalue weighted by molar-refractivity contribution is 0.0939. The standard InChI is InChI=1S/C13H16N2O3.ClH/c16-13(15-10-3-4-14-8-10)9-1-2-11-12(7-9)18-6-5-17-11;/h1-2,7,10,14H,3-6,8H2,(H,15,16);1H/t10-;/m1./s1. The third-order valence-electron chi connectivity index (χ3n) is 3.20. The highest BCUT2D eigenvalue weighted by Crippen LogP contribution is 2.30. The molecule has 0 spiro atoms. The zero-order valence-electron chi connectivity index (χ0n) is 10.5. The van der Waals surface area contributed by atoms with Gasteiger partial charge in [0, 0.05) is 18.2 Å². The molecule has 1 saturated heterocycles. The minimum absolute atomic E-state index is 0. The average molecular weight is 285 g/mol. The quantitative estimate of drug-likeness (QED) is 0.850. The summed E-state index contributed by atoms with van der Waals surface area (Å²) in [5.74, 6) is 1.31. The molecule has 1 amide bonds. The number of rotatable bonds is 2. The van der Waals surface area contributed by atoms with Gasteiger partial charge < -0.3 is 20.1 Å². The molecule has 1 fully saturated rings. The molecule has 1 atom stereocenters. The summed E-state index contributed by atoms with van der Waals surface area (Å²) < 4.78 is 10.9. The Morgan fingerprint density at radius 3 is 2.79 bits per heavy atom. The van der Waals surface area contributed by atoms with Crippen LogP contribution in [0.25, 0.3) is 0 Å². The van der Waals surface area contributed by atoms with Gasteiger partial charge in [-0.25, -0.2) is 0 Å². The van der Waals surface area contributed by atoms with E-state index in [9.17, 15) is 4.79 Å². The summed E-state index contributed by atoms with van der Waals surface area (Å²) in [6.07, 6.45) is 0.982. The van der Waals surface area contributed by atoms with Gasteiger partial charge >= 0.3 is 0 Å². The van der Waals surface area contributed by atoms with Crippen molar-refractivity contribution in [3.63, 3.8) is 0 Å². The van der Waals surface area contributed by atoms with Crippen molar-refractivity contribution in [2.45, 2.75) is 12.5 Å². The Bertz CT molecular complexity index is 461. The lowest BCUT2D eigenvalue weighted by Gasteiger charge is -2.19. The Balaban J connectivity index is 0.00000133. The molecule has 0 aromatic heterocycles. The van der Waals surface area contributed by atoms with Crippen molar-refractivity contribution >= 4 is 18.3 Å². The molecule has 0 unspecified atom stereocenters. The third-order valence-corrected chi connectivity index (χ3v) is 3.20. The molecule has 2 N–H and O–H groups in total. The summed E-state index contributed by atoms with van der Waals surface area (Å²) in [5, 5.41) is 6.22. The normalized spacial score (nSPS) is 20.5. The highest BCUT2D eigenvalue weighted by molar-refractivity contribution is 5.95. The summed E-state index contributed by atoms with van der Waals surface area (Å²) in [4.78, 5) is 12.1. The van der Waals surface area contributed by atoms with E-state index in [1.165, 1.54) is 0 Å². The lowest BCUT2D eigenvalue weighted by Crippen LogP contribution is -2.36. The Kier molecular flexibility index (Phi) is 4.50. The monoisotopic (exact) mass is 284 g/mol. The van der Waals surface area contributed by atoms with Gasteiger partial charge in [-0.3, -0.25) is 4.79 Å². The van der Waals surface area contributed by atoms with Gasteiger partial charge in [0.15, 0.2) is 11.5 Å². The molecule has 0 radical (unpaired) electrons. The fourth-order valence-corrected chi connectivity index (χ4v) is 2.23. The van der Waals surface area contributed by atoms with E-state index < -0.39 is 0 Å². The van der Waals surface area contributed by atoms with Crippen LogP contribution in [0.2, 0.25) is 0 Å². The largest absolute Gasteiger partial charge is 0.486 e. The molecule has 104 valence electrons. The van der Waals surface area contributed by atoms with E-state index in [-0.39, 0.29) is 24.4 Å². The second-order valence-electron chi connectivity index (χ2n) is 4.52. The molecule has 1 aromatic rings. The highest BCUT2D eigenvalue weighted by Gasteiger charge is 2.19. The number of carbonyl (C=O) groups excluding carboxylic acids is 1. The molecular formula is C13H17ClN2O3. The fraction of sp³-hybridized carbons (Fsp3) is 0.462. The van der Waals surface area contributed by atoms with Crippen molar-refractivity contribution < 1.29 is 14.3 Å². The number of ether oxygens (including phenoxy) is 2. The average Bonchev–Trinajstić information content (AvgIpc) is 2.91. The van der Waals surface area contributed by atoms with Crippen LogP contribution in [0.3, 0.4) is 0 Å². The summed E-state index contributed by atoms with van der Waals surface area (Å²) in [7, 11) is 0. The summed E-state index contributed by atoms with van der Waals surface area (Å²) in [6, 6.07) is 5.53. The zero-order valence-corrected chi connectivity index (χ0v) is 11.3. The topological polar surface area (TPSA) is 59.6 Å². The Morgan fingerprint density at radius 2 is 2.05 bits per heavy atom. The van der Waals surface area contributed by atoms with E-state index in [2.05, 4.69) is 10.6 Å². The van der Waals surface area contributed by atoms with Crippen molar-refractivity contribution in [3.8, 4) is 11.5 Å². The van der Waals surface area contributed by atoms with E-state index in [0.717, 1.165) is 19.5 Å². The number of nitrogens with one attached hydrogen (secondary N) is 2. The maximum Gasteiger partial charge on any atom is 0.251 e. The van der Waals surface area contributed by atoms with Crippen LogP contribution in [0.5, 0.6) is 11.5 Å². The summed E-state index contributed by atoms with van der Waals surface area (Å²) >= 11 is 0. The van der Waals surface area contributed by atoms with Gasteiger partial charge in [-0.15, -0.1) is 12.4 Å². The van der Waals surface area contributed by atoms with E-state index in [1.807, 2.05) is 0 Å². The van der Waals surface area contributed by atoms with Crippen molar-refractivity contribution in [1.82, 2.24) is 10.6 Å². The third kappa shape index (κ3) is 3.11. The Hall–Kier alpha value is -1.46. The molecule has 0 bridgehead atoms. The Morgan fingerprint density at radius 1 is 1.26 bits per heavy atom. The number of halogens is 1. The molecule has 5 nitrogen and oxygen atoms in total. The molecule has 3 rings (SSSR count). The lowest BCUT2D eigenvalue weighted by atomic mass is 10.1. The van der Waals surface area contributed by atoms with Gasteiger partial charge in [-0.2, -0.15) is 0 Å². The smallest absolute Gasteiger partial charge is 0.251 e. The SMILES string of the molecule is Cl.O=C(N[C@@H]1CCNC1)c1ccc2c(c1)OCCO2. The van der Waals surface area contributed by atoms with Crippen molar-refractivity contribution in [2.24, 2.45) is 0 Å². The first-order valence-corrected chi connectivity index (χ1v) is 6.24. The van der Waals surface area contributed by atoms with E-state index in [4.69, 9.17) is 9.47 Å². The van der Waals surface area contributed by atoms with Crippen LogP contribution in [-0.4, -0.2) is 38.3 Å². The van der Waals surface area contributed by atoms with Crippen LogP contribution in [0, 0.1) is 0 Å². The number of hydrogen-bond acceptors (Lipinski definition) is 4. The highest BCUT2D eigenvalue weighted by atomic mass is 35.5. The molecule has 0 saturated carbocycles. The van der Waals surface area contributed by atoms with Crippen molar-refractivity contribution in [2.75, 3.05) is 26.3 Å². The fourth-order valence-electron chi connectivity index (χ4n) is 2.23. The van der Waals surface area contributed by atoms with Gasteiger partial charge in [0.05, 0.1) is 0 Å². The Labute approximate surface area is 118 Å². The van der Waals surface area contributed by atoms with Crippen LogP contribution in [0.4, 0.5) is 0 Å². The first-order chi connectivity index (χ1) is 8.83. The molecule has 2 aliphatic heterocycles. The molecule has 0 aliphatic carbocycles. The van der Waals surface area contributed by atoms with E-state index in [1.54, 1.807) is 18.2 Å². The second-order valence-corrected chi connectivity index (χ2v) is 4.52. The predicted molar refractivity (Wildman–Crippen MR) is 73.4 cm³/mol. The molecule has 2 aliphatic rings. The van der Waals surface area contributed by atoms with Gasteiger partial charge in [-0.1, -0.05) is 0 Å². The number of benzene rings is 1. The van der Waals surface area contributed by atoms with Gasteiger partial charge in [0.2, 0.25) is 0 Å². The summed E-state index contributed by atoms with van der Waals surface area (Å²) in [5.41, 5.74) is 0.617. The first-order valence-electron chi connectivity index (χ1n) is 6.24. The molecule has 1 aromatic carbocycles. The maximum absolute atomic E-state index is 12.1. The van der Waals surface area contributed by atoms with Crippen LogP contribution in [0.1, 0.15) is 16.8 Å². The van der Waals surface area contributed by atoms with Crippen LogP contribution >= 0.6 is 12.4 Å². The molecular weight excluding hydrogens is 268 g/mol. The number of hydrogen-bond donors (Lipinski definition) is 2. The number of carbonyl (C=O) groups is 1. The van der Waals surface area contributed by atoms with Crippen molar-refractivity contribution in [1.29, 1.82) is 0 Å². The van der Waals surface area contributed by atoms with Gasteiger partial charge in [-0.05, 0) is 31.2 Å². The minimum Gasteiger partial charge on any atom is -0.486 e. The van der Waals surface area contributed by atoms with Gasteiger partial charge in [0.25, 0.3) is 5.91 Å². The van der Waals surface area contributed by atoms with E-state index >= 15 is 0 Å².